The maximum Gasteiger partial charge on any atom is 0.159 e. The highest BCUT2D eigenvalue weighted by Gasteiger charge is 2.29. The van der Waals surface area contributed by atoms with E-state index in [4.69, 9.17) is 0 Å². The van der Waals surface area contributed by atoms with E-state index < -0.39 is 11.6 Å². The van der Waals surface area contributed by atoms with Crippen molar-refractivity contribution < 1.29 is 8.78 Å². The lowest BCUT2D eigenvalue weighted by molar-refractivity contribution is 0.221. The fourth-order valence-electron chi connectivity index (χ4n) is 5.41. The fraction of sp³-hybridized carbons (Fsp3) is 0.481. The average Bonchev–Trinajstić information content (AvgIpc) is 2.77. The van der Waals surface area contributed by atoms with Crippen LogP contribution in [0.25, 0.3) is 5.57 Å². The molecule has 4 rings (SSSR count). The molecular weight excluding hydrogens is 362 g/mol. The summed E-state index contributed by atoms with van der Waals surface area (Å²) in [5, 5.41) is 0. The molecule has 2 aromatic carbocycles. The minimum atomic E-state index is -0.764. The highest BCUT2D eigenvalue weighted by molar-refractivity contribution is 5.66. The van der Waals surface area contributed by atoms with Gasteiger partial charge in [-0.2, -0.15) is 0 Å². The smallest absolute Gasteiger partial charge is 0.159 e. The number of allylic oxidation sites excluding steroid dienone is 2. The van der Waals surface area contributed by atoms with Crippen LogP contribution in [0, 0.1) is 23.5 Å². The largest absolute Gasteiger partial charge is 0.204 e. The highest BCUT2D eigenvalue weighted by Crippen LogP contribution is 2.43. The lowest BCUT2D eigenvalue weighted by atomic mass is 9.70. The Hall–Kier alpha value is -1.96. The van der Waals surface area contributed by atoms with Gasteiger partial charge in [-0.05, 0) is 104 Å². The van der Waals surface area contributed by atoms with Crippen molar-refractivity contribution >= 4 is 5.57 Å². The number of rotatable bonds is 5. The molecule has 0 amide bonds. The standard InChI is InChI=1S/C27H32F2/c1-2-3-19-4-6-20(7-5-19)21-8-10-22(11-9-21)23-12-14-24(15-13-23)25-16-17-26(28)27(29)18-25/h4-7,14,16-18,21-23H,2-3,8-13,15H2,1H3. The predicted molar refractivity (Wildman–Crippen MR) is 117 cm³/mol. The van der Waals surface area contributed by atoms with Crippen LogP contribution in [0.1, 0.15) is 80.9 Å². The van der Waals surface area contributed by atoms with Gasteiger partial charge in [0.05, 0.1) is 0 Å². The van der Waals surface area contributed by atoms with Crippen LogP contribution >= 0.6 is 0 Å². The lowest BCUT2D eigenvalue weighted by Crippen LogP contribution is -2.22. The Balaban J connectivity index is 1.31. The van der Waals surface area contributed by atoms with Crippen LogP contribution < -0.4 is 0 Å². The van der Waals surface area contributed by atoms with Crippen LogP contribution in [-0.2, 0) is 6.42 Å². The molecule has 1 unspecified atom stereocenters. The van der Waals surface area contributed by atoms with E-state index in [0.717, 1.165) is 36.2 Å². The van der Waals surface area contributed by atoms with Gasteiger partial charge in [0, 0.05) is 0 Å². The van der Waals surface area contributed by atoms with E-state index >= 15 is 0 Å². The first-order chi connectivity index (χ1) is 14.1. The summed E-state index contributed by atoms with van der Waals surface area (Å²) in [6, 6.07) is 13.6. The third-order valence-corrected chi connectivity index (χ3v) is 7.17. The van der Waals surface area contributed by atoms with E-state index in [0.29, 0.717) is 0 Å². The van der Waals surface area contributed by atoms with Crippen LogP contribution in [0.5, 0.6) is 0 Å². The number of halogens is 2. The second-order valence-electron chi connectivity index (χ2n) is 9.00. The molecule has 0 spiro atoms. The zero-order chi connectivity index (χ0) is 20.2. The van der Waals surface area contributed by atoms with Gasteiger partial charge in [-0.15, -0.1) is 0 Å². The minimum absolute atomic E-state index is 0.721. The van der Waals surface area contributed by atoms with Crippen molar-refractivity contribution in [1.82, 2.24) is 0 Å². The molecule has 0 nitrogen and oxygen atoms in total. The molecule has 2 aliphatic rings. The predicted octanol–water partition coefficient (Wildman–Crippen LogP) is 8.07. The molecule has 2 heteroatoms. The molecule has 29 heavy (non-hydrogen) atoms. The van der Waals surface area contributed by atoms with E-state index in [1.807, 2.05) is 0 Å². The summed E-state index contributed by atoms with van der Waals surface area (Å²) >= 11 is 0. The van der Waals surface area contributed by atoms with Gasteiger partial charge in [-0.3, -0.25) is 0 Å². The van der Waals surface area contributed by atoms with Crippen molar-refractivity contribution in [2.24, 2.45) is 11.8 Å². The lowest BCUT2D eigenvalue weighted by Gasteiger charge is -2.35. The quantitative estimate of drug-likeness (QED) is 0.481. The SMILES string of the molecule is CCCc1ccc(C2CCC(C3CC=C(c4ccc(F)c(F)c4)CC3)CC2)cc1. The van der Waals surface area contributed by atoms with Gasteiger partial charge in [0.2, 0.25) is 0 Å². The van der Waals surface area contributed by atoms with Crippen LogP contribution in [-0.4, -0.2) is 0 Å². The van der Waals surface area contributed by atoms with Crippen LogP contribution in [0.3, 0.4) is 0 Å². The van der Waals surface area contributed by atoms with Crippen molar-refractivity contribution in [3.63, 3.8) is 0 Å². The number of hydrogen-bond donors (Lipinski definition) is 0. The zero-order valence-corrected chi connectivity index (χ0v) is 17.5. The van der Waals surface area contributed by atoms with E-state index in [1.165, 1.54) is 73.8 Å². The molecule has 2 aromatic rings. The van der Waals surface area contributed by atoms with Crippen molar-refractivity contribution in [2.75, 3.05) is 0 Å². The van der Waals surface area contributed by atoms with Crippen LogP contribution in [0.4, 0.5) is 8.78 Å². The molecule has 1 saturated carbocycles. The summed E-state index contributed by atoms with van der Waals surface area (Å²) in [5.74, 6) is 0.774. The Labute approximate surface area is 174 Å². The Kier molecular flexibility index (Phi) is 6.47. The molecule has 1 fully saturated rings. The summed E-state index contributed by atoms with van der Waals surface area (Å²) in [4.78, 5) is 0. The van der Waals surface area contributed by atoms with Gasteiger partial charge in [-0.1, -0.05) is 49.8 Å². The van der Waals surface area contributed by atoms with Crippen molar-refractivity contribution in [3.8, 4) is 0 Å². The van der Waals surface area contributed by atoms with Gasteiger partial charge >= 0.3 is 0 Å². The average molecular weight is 395 g/mol. The number of aryl methyl sites for hydroxylation is 1. The zero-order valence-electron chi connectivity index (χ0n) is 17.5. The summed E-state index contributed by atoms with van der Waals surface area (Å²) < 4.78 is 26.7. The third-order valence-electron chi connectivity index (χ3n) is 7.17. The Morgan fingerprint density at radius 2 is 1.59 bits per heavy atom. The molecule has 1 atom stereocenters. The third kappa shape index (κ3) is 4.79. The summed E-state index contributed by atoms with van der Waals surface area (Å²) in [6.45, 7) is 2.23. The van der Waals surface area contributed by atoms with Gasteiger partial charge < -0.3 is 0 Å². The molecular formula is C27H32F2. The Morgan fingerprint density at radius 1 is 0.828 bits per heavy atom. The van der Waals surface area contributed by atoms with Gasteiger partial charge in [0.15, 0.2) is 11.6 Å². The highest BCUT2D eigenvalue weighted by atomic mass is 19.2. The second kappa shape index (κ2) is 9.24. The van der Waals surface area contributed by atoms with Crippen molar-refractivity contribution in [1.29, 1.82) is 0 Å². The fourth-order valence-corrected chi connectivity index (χ4v) is 5.41. The maximum absolute atomic E-state index is 13.5. The molecule has 0 aromatic heterocycles. The van der Waals surface area contributed by atoms with E-state index in [9.17, 15) is 8.78 Å². The number of benzene rings is 2. The van der Waals surface area contributed by atoms with E-state index in [-0.39, 0.29) is 0 Å². The van der Waals surface area contributed by atoms with E-state index in [2.05, 4.69) is 37.3 Å². The van der Waals surface area contributed by atoms with Gasteiger partial charge in [0.25, 0.3) is 0 Å². The molecule has 0 bridgehead atoms. The molecule has 0 aliphatic heterocycles. The van der Waals surface area contributed by atoms with E-state index in [1.54, 1.807) is 6.07 Å². The number of hydrogen-bond acceptors (Lipinski definition) is 0. The first kappa shape index (κ1) is 20.3. The first-order valence-corrected chi connectivity index (χ1v) is 11.4. The summed E-state index contributed by atoms with van der Waals surface area (Å²) in [6.07, 6.45) is 13.1. The topological polar surface area (TPSA) is 0 Å². The van der Waals surface area contributed by atoms with Crippen molar-refractivity contribution in [3.05, 3.63) is 76.9 Å². The normalized spacial score (nSPS) is 24.9. The van der Waals surface area contributed by atoms with Gasteiger partial charge in [-0.25, -0.2) is 8.78 Å². The Morgan fingerprint density at radius 3 is 2.21 bits per heavy atom. The molecule has 2 aliphatic carbocycles. The van der Waals surface area contributed by atoms with Gasteiger partial charge in [0.1, 0.15) is 0 Å². The summed E-state index contributed by atoms with van der Waals surface area (Å²) in [5.41, 5.74) is 5.00. The van der Waals surface area contributed by atoms with Crippen LogP contribution in [0.2, 0.25) is 0 Å². The minimum Gasteiger partial charge on any atom is -0.204 e. The molecule has 0 heterocycles. The summed E-state index contributed by atoms with van der Waals surface area (Å²) in [7, 11) is 0. The maximum atomic E-state index is 13.5. The molecule has 154 valence electrons. The monoisotopic (exact) mass is 394 g/mol. The van der Waals surface area contributed by atoms with Crippen LogP contribution in [0.15, 0.2) is 48.5 Å². The Bertz CT molecular complexity index is 841. The molecule has 0 N–H and O–H groups in total. The van der Waals surface area contributed by atoms with Crippen molar-refractivity contribution in [2.45, 2.75) is 70.6 Å². The second-order valence-corrected chi connectivity index (χ2v) is 9.00. The molecule has 0 radical (unpaired) electrons. The molecule has 0 saturated heterocycles. The first-order valence-electron chi connectivity index (χ1n) is 11.4.